The van der Waals surface area contributed by atoms with Gasteiger partial charge in [-0.25, -0.2) is 9.91 Å². The number of aryl methyl sites for hydroxylation is 2. The molecule has 130 valence electrons. The number of carbonyl (C=O) groups is 2. The molecule has 0 N–H and O–H groups in total. The Balaban J connectivity index is 1.52. The number of anilines is 2. The van der Waals surface area contributed by atoms with Crippen molar-refractivity contribution in [2.45, 2.75) is 31.3 Å². The number of nitrogens with zero attached hydrogens (tertiary/aromatic N) is 4. The van der Waals surface area contributed by atoms with Gasteiger partial charge in [-0.3, -0.25) is 9.59 Å². The molecule has 2 atom stereocenters. The lowest BCUT2D eigenvalue weighted by atomic mass is 10.1. The van der Waals surface area contributed by atoms with E-state index >= 15 is 0 Å². The zero-order chi connectivity index (χ0) is 17.8. The lowest BCUT2D eigenvalue weighted by Crippen LogP contribution is -2.40. The Bertz CT molecular complexity index is 974. The molecule has 1 aliphatic carbocycles. The maximum Gasteiger partial charge on any atom is 0.263 e. The molecule has 2 amide bonds. The molecular formula is C19H15ClN4O2. The Labute approximate surface area is 155 Å². The quantitative estimate of drug-likeness (QED) is 0.766. The Morgan fingerprint density at radius 1 is 1.00 bits per heavy atom. The predicted octanol–water partition coefficient (Wildman–Crippen LogP) is 3.33. The van der Waals surface area contributed by atoms with Crippen LogP contribution in [0.1, 0.15) is 17.5 Å². The maximum absolute atomic E-state index is 13.1. The van der Waals surface area contributed by atoms with Gasteiger partial charge >= 0.3 is 0 Å². The van der Waals surface area contributed by atoms with Crippen LogP contribution in [0.25, 0.3) is 0 Å². The molecule has 26 heavy (non-hydrogen) atoms. The van der Waals surface area contributed by atoms with Gasteiger partial charge in [-0.1, -0.05) is 35.0 Å². The van der Waals surface area contributed by atoms with Gasteiger partial charge in [-0.15, -0.1) is 0 Å². The van der Waals surface area contributed by atoms with E-state index in [0.29, 0.717) is 16.4 Å². The molecule has 2 aliphatic heterocycles. The third-order valence-electron chi connectivity index (χ3n) is 5.22. The molecule has 6 nitrogen and oxygen atoms in total. The van der Waals surface area contributed by atoms with E-state index < -0.39 is 12.1 Å². The van der Waals surface area contributed by atoms with Gasteiger partial charge in [0.2, 0.25) is 0 Å². The van der Waals surface area contributed by atoms with Crippen molar-refractivity contribution in [2.24, 2.45) is 10.3 Å². The Kier molecular flexibility index (Phi) is 3.37. The molecule has 3 aliphatic rings. The standard InChI is InChI=1S/C19H15ClN4O2/c20-14-6-1-2-7-15(14)24-17-16(21-22-24)18(25)23(19(17)26)13-9-8-11-4-3-5-12(11)10-13/h1-2,6-10,16-17H,3-5H2/t16-,17-/m1/s1. The van der Waals surface area contributed by atoms with Crippen LogP contribution in [-0.4, -0.2) is 23.9 Å². The van der Waals surface area contributed by atoms with Crippen LogP contribution >= 0.6 is 11.6 Å². The number of rotatable bonds is 2. The summed E-state index contributed by atoms with van der Waals surface area (Å²) in [6.45, 7) is 0. The van der Waals surface area contributed by atoms with Crippen molar-refractivity contribution in [3.8, 4) is 0 Å². The first-order valence-electron chi connectivity index (χ1n) is 8.59. The van der Waals surface area contributed by atoms with Crippen molar-refractivity contribution in [3.05, 3.63) is 58.6 Å². The van der Waals surface area contributed by atoms with E-state index in [1.165, 1.54) is 21.0 Å². The molecule has 0 aromatic heterocycles. The first-order valence-corrected chi connectivity index (χ1v) is 8.97. The fraction of sp³-hybridized carbons (Fsp3) is 0.263. The molecule has 0 bridgehead atoms. The molecule has 7 heteroatoms. The van der Waals surface area contributed by atoms with E-state index in [-0.39, 0.29) is 11.8 Å². The van der Waals surface area contributed by atoms with Crippen LogP contribution in [-0.2, 0) is 22.4 Å². The Morgan fingerprint density at radius 3 is 2.65 bits per heavy atom. The van der Waals surface area contributed by atoms with Crippen molar-refractivity contribution < 1.29 is 9.59 Å². The van der Waals surface area contributed by atoms with Crippen LogP contribution in [0.5, 0.6) is 0 Å². The largest absolute Gasteiger partial charge is 0.271 e. The van der Waals surface area contributed by atoms with Gasteiger partial charge in [-0.05, 0) is 54.7 Å². The van der Waals surface area contributed by atoms with E-state index in [0.717, 1.165) is 19.3 Å². The number of imide groups is 1. The minimum absolute atomic E-state index is 0.317. The lowest BCUT2D eigenvalue weighted by Gasteiger charge is -2.21. The zero-order valence-electron chi connectivity index (χ0n) is 13.8. The number of benzene rings is 2. The summed E-state index contributed by atoms with van der Waals surface area (Å²) < 4.78 is 0. The van der Waals surface area contributed by atoms with Crippen molar-refractivity contribution in [1.29, 1.82) is 0 Å². The molecule has 2 aromatic rings. The summed E-state index contributed by atoms with van der Waals surface area (Å²) in [4.78, 5) is 27.2. The van der Waals surface area contributed by atoms with Crippen LogP contribution in [0.4, 0.5) is 11.4 Å². The van der Waals surface area contributed by atoms with Crippen LogP contribution < -0.4 is 9.91 Å². The topological polar surface area (TPSA) is 65.3 Å². The molecule has 2 aromatic carbocycles. The number of para-hydroxylation sites is 1. The van der Waals surface area contributed by atoms with Crippen LogP contribution in [0, 0.1) is 0 Å². The number of fused-ring (bicyclic) bond motifs is 2. The summed E-state index contributed by atoms with van der Waals surface area (Å²) >= 11 is 6.24. The van der Waals surface area contributed by atoms with E-state index in [1.54, 1.807) is 18.2 Å². The highest BCUT2D eigenvalue weighted by Crippen LogP contribution is 2.38. The van der Waals surface area contributed by atoms with Crippen molar-refractivity contribution in [2.75, 3.05) is 9.91 Å². The minimum atomic E-state index is -0.827. The Morgan fingerprint density at radius 2 is 1.81 bits per heavy atom. The molecule has 0 spiro atoms. The van der Waals surface area contributed by atoms with Gasteiger partial charge in [0.15, 0.2) is 12.1 Å². The predicted molar refractivity (Wildman–Crippen MR) is 97.3 cm³/mol. The zero-order valence-corrected chi connectivity index (χ0v) is 14.6. The number of carbonyl (C=O) groups excluding carboxylic acids is 2. The Hall–Kier alpha value is -2.73. The third kappa shape index (κ3) is 2.12. The van der Waals surface area contributed by atoms with Gasteiger partial charge in [-0.2, -0.15) is 5.11 Å². The monoisotopic (exact) mass is 366 g/mol. The van der Waals surface area contributed by atoms with Crippen LogP contribution in [0.15, 0.2) is 52.8 Å². The molecule has 1 fully saturated rings. The van der Waals surface area contributed by atoms with Gasteiger partial charge < -0.3 is 0 Å². The lowest BCUT2D eigenvalue weighted by molar-refractivity contribution is -0.121. The average Bonchev–Trinajstić information content (AvgIpc) is 3.33. The van der Waals surface area contributed by atoms with Gasteiger partial charge in [0, 0.05) is 0 Å². The number of hydrogen-bond donors (Lipinski definition) is 0. The highest BCUT2D eigenvalue weighted by atomic mass is 35.5. The van der Waals surface area contributed by atoms with Crippen LogP contribution in [0.3, 0.4) is 0 Å². The molecule has 2 heterocycles. The van der Waals surface area contributed by atoms with E-state index in [1.807, 2.05) is 24.3 Å². The smallest absolute Gasteiger partial charge is 0.263 e. The first kappa shape index (κ1) is 15.5. The van der Waals surface area contributed by atoms with Gasteiger partial charge in [0.1, 0.15) is 0 Å². The summed E-state index contributed by atoms with van der Waals surface area (Å²) in [7, 11) is 0. The number of amides is 2. The number of hydrogen-bond acceptors (Lipinski definition) is 5. The normalized spacial score (nSPS) is 23.7. The minimum Gasteiger partial charge on any atom is -0.271 e. The SMILES string of the molecule is O=C1[C@@H]2N=NN(c3ccccc3Cl)[C@H]2C(=O)N1c1ccc2c(c1)CCC2. The summed E-state index contributed by atoms with van der Waals surface area (Å²) in [6, 6.07) is 11.3. The second kappa shape index (κ2) is 5.64. The fourth-order valence-electron chi connectivity index (χ4n) is 3.95. The summed E-state index contributed by atoms with van der Waals surface area (Å²) in [5.41, 5.74) is 3.70. The maximum atomic E-state index is 13.1. The number of halogens is 1. The highest BCUT2D eigenvalue weighted by molar-refractivity contribution is 6.33. The first-order chi connectivity index (χ1) is 12.6. The van der Waals surface area contributed by atoms with Gasteiger partial charge in [0.05, 0.1) is 16.4 Å². The molecule has 0 radical (unpaired) electrons. The van der Waals surface area contributed by atoms with Crippen molar-refractivity contribution in [3.63, 3.8) is 0 Å². The molecular weight excluding hydrogens is 352 g/mol. The average molecular weight is 367 g/mol. The van der Waals surface area contributed by atoms with Crippen LogP contribution in [0.2, 0.25) is 5.02 Å². The molecule has 0 unspecified atom stereocenters. The third-order valence-corrected chi connectivity index (χ3v) is 5.54. The van der Waals surface area contributed by atoms with E-state index in [4.69, 9.17) is 11.6 Å². The summed E-state index contributed by atoms with van der Waals surface area (Å²) in [5, 5.41) is 10.0. The highest BCUT2D eigenvalue weighted by Gasteiger charge is 2.55. The van der Waals surface area contributed by atoms with Crippen molar-refractivity contribution >= 4 is 34.8 Å². The second-order valence-electron chi connectivity index (χ2n) is 6.71. The fourth-order valence-corrected chi connectivity index (χ4v) is 4.17. The molecule has 5 rings (SSSR count). The molecule has 1 saturated heterocycles. The molecule has 0 saturated carbocycles. The van der Waals surface area contributed by atoms with Crippen molar-refractivity contribution in [1.82, 2.24) is 0 Å². The van der Waals surface area contributed by atoms with E-state index in [9.17, 15) is 9.59 Å². The van der Waals surface area contributed by atoms with Gasteiger partial charge in [0.25, 0.3) is 11.8 Å². The van der Waals surface area contributed by atoms with E-state index in [2.05, 4.69) is 10.3 Å². The summed E-state index contributed by atoms with van der Waals surface area (Å²) in [6.07, 6.45) is 3.15. The summed E-state index contributed by atoms with van der Waals surface area (Å²) in [5.74, 6) is -0.654. The second-order valence-corrected chi connectivity index (χ2v) is 7.12.